The summed E-state index contributed by atoms with van der Waals surface area (Å²) in [6, 6.07) is -0.188. The van der Waals surface area contributed by atoms with E-state index < -0.39 is 5.97 Å². The highest BCUT2D eigenvalue weighted by atomic mass is 16.4. The highest BCUT2D eigenvalue weighted by Crippen LogP contribution is 2.23. The van der Waals surface area contributed by atoms with Gasteiger partial charge in [0, 0.05) is 12.1 Å². The predicted molar refractivity (Wildman–Crippen MR) is 69.4 cm³/mol. The molecule has 0 aromatic carbocycles. The normalized spacial score (nSPS) is 23.8. The Kier molecular flexibility index (Phi) is 5.44. The fourth-order valence-corrected chi connectivity index (χ4v) is 2.41. The minimum Gasteiger partial charge on any atom is -0.480 e. The minimum absolute atomic E-state index is 0.111. The molecule has 0 aliphatic heterocycles. The molecule has 2 unspecified atom stereocenters. The van der Waals surface area contributed by atoms with Crippen LogP contribution in [-0.2, 0) is 4.79 Å². The van der Waals surface area contributed by atoms with E-state index in [-0.39, 0.29) is 24.7 Å². The zero-order valence-electron chi connectivity index (χ0n) is 11.5. The zero-order chi connectivity index (χ0) is 13.7. The summed E-state index contributed by atoms with van der Waals surface area (Å²) in [4.78, 5) is 24.2. The topological polar surface area (TPSA) is 69.6 Å². The number of amides is 2. The molecule has 1 aliphatic carbocycles. The van der Waals surface area contributed by atoms with E-state index in [2.05, 4.69) is 12.2 Å². The maximum Gasteiger partial charge on any atom is 0.323 e. The fourth-order valence-electron chi connectivity index (χ4n) is 2.41. The highest BCUT2D eigenvalue weighted by molar-refractivity contribution is 5.80. The van der Waals surface area contributed by atoms with Gasteiger partial charge < -0.3 is 15.3 Å². The fraction of sp³-hybridized carbons (Fsp3) is 0.846. The molecule has 0 heterocycles. The third-order valence-electron chi connectivity index (χ3n) is 3.61. The molecule has 0 radical (unpaired) electrons. The lowest BCUT2D eigenvalue weighted by Gasteiger charge is -2.33. The van der Waals surface area contributed by atoms with Crippen LogP contribution in [0.15, 0.2) is 0 Å². The van der Waals surface area contributed by atoms with Crippen molar-refractivity contribution in [3.63, 3.8) is 0 Å². The Morgan fingerprint density at radius 3 is 2.44 bits per heavy atom. The van der Waals surface area contributed by atoms with Crippen LogP contribution >= 0.6 is 0 Å². The van der Waals surface area contributed by atoms with Crippen molar-refractivity contribution in [1.29, 1.82) is 0 Å². The van der Waals surface area contributed by atoms with Crippen LogP contribution in [-0.4, -0.2) is 40.6 Å². The summed E-state index contributed by atoms with van der Waals surface area (Å²) in [7, 11) is 0. The minimum atomic E-state index is -0.976. The van der Waals surface area contributed by atoms with Crippen molar-refractivity contribution in [1.82, 2.24) is 10.2 Å². The molecule has 2 atom stereocenters. The lowest BCUT2D eigenvalue weighted by atomic mass is 9.86. The monoisotopic (exact) mass is 256 g/mol. The van der Waals surface area contributed by atoms with E-state index in [1.165, 1.54) is 11.3 Å². The van der Waals surface area contributed by atoms with Crippen LogP contribution < -0.4 is 5.32 Å². The second kappa shape index (κ2) is 6.61. The Hall–Kier alpha value is -1.26. The van der Waals surface area contributed by atoms with Crippen molar-refractivity contribution >= 4 is 12.0 Å². The number of carboxylic acids is 1. The number of hydrogen-bond donors (Lipinski definition) is 2. The maximum absolute atomic E-state index is 12.1. The Bertz CT molecular complexity index is 305. The molecule has 5 heteroatoms. The second-order valence-electron chi connectivity index (χ2n) is 5.43. The Labute approximate surface area is 109 Å². The first-order chi connectivity index (χ1) is 8.41. The number of rotatable bonds is 4. The molecule has 1 rings (SSSR count). The number of hydrogen-bond acceptors (Lipinski definition) is 2. The van der Waals surface area contributed by atoms with Gasteiger partial charge in [-0.2, -0.15) is 0 Å². The number of aliphatic carboxylic acids is 1. The number of carbonyl (C=O) groups is 2. The van der Waals surface area contributed by atoms with Crippen LogP contribution in [0.3, 0.4) is 0 Å². The Morgan fingerprint density at radius 1 is 1.33 bits per heavy atom. The molecule has 0 aromatic rings. The average molecular weight is 256 g/mol. The molecule has 5 nitrogen and oxygen atoms in total. The predicted octanol–water partition coefficient (Wildman–Crippen LogP) is 2.07. The number of nitrogens with one attached hydrogen (secondary N) is 1. The number of nitrogens with zero attached hydrogens (tertiary/aromatic N) is 1. The van der Waals surface area contributed by atoms with Gasteiger partial charge in [-0.1, -0.05) is 19.8 Å². The summed E-state index contributed by atoms with van der Waals surface area (Å²) in [5.41, 5.74) is 0. The van der Waals surface area contributed by atoms with Gasteiger partial charge in [0.05, 0.1) is 0 Å². The SMILES string of the molecule is CC1CCCCC1NC(=O)N(CC(=O)O)C(C)C. The van der Waals surface area contributed by atoms with Crippen LogP contribution in [0, 0.1) is 5.92 Å². The van der Waals surface area contributed by atoms with E-state index >= 15 is 0 Å². The molecule has 104 valence electrons. The highest BCUT2D eigenvalue weighted by Gasteiger charge is 2.26. The molecule has 0 saturated heterocycles. The van der Waals surface area contributed by atoms with E-state index in [0.717, 1.165) is 19.3 Å². The molecule has 0 bridgehead atoms. The van der Waals surface area contributed by atoms with Crippen LogP contribution in [0.5, 0.6) is 0 Å². The lowest BCUT2D eigenvalue weighted by molar-refractivity contribution is -0.138. The van der Waals surface area contributed by atoms with Gasteiger partial charge in [-0.3, -0.25) is 4.79 Å². The van der Waals surface area contributed by atoms with Gasteiger partial charge in [0.15, 0.2) is 0 Å². The molecule has 0 aromatic heterocycles. The van der Waals surface area contributed by atoms with Crippen molar-refractivity contribution in [2.45, 2.75) is 58.5 Å². The first kappa shape index (κ1) is 14.8. The van der Waals surface area contributed by atoms with Crippen LogP contribution in [0.2, 0.25) is 0 Å². The van der Waals surface area contributed by atoms with E-state index in [4.69, 9.17) is 5.11 Å². The summed E-state index contributed by atoms with van der Waals surface area (Å²) in [5.74, 6) is -0.503. The van der Waals surface area contributed by atoms with Crippen LogP contribution in [0.1, 0.15) is 46.5 Å². The molecule has 2 amide bonds. The first-order valence-corrected chi connectivity index (χ1v) is 6.70. The van der Waals surface area contributed by atoms with E-state index in [1.54, 1.807) is 0 Å². The van der Waals surface area contributed by atoms with Gasteiger partial charge in [-0.05, 0) is 32.6 Å². The summed E-state index contributed by atoms with van der Waals surface area (Å²) < 4.78 is 0. The van der Waals surface area contributed by atoms with Gasteiger partial charge >= 0.3 is 12.0 Å². The third kappa shape index (κ3) is 4.20. The van der Waals surface area contributed by atoms with Crippen LogP contribution in [0.25, 0.3) is 0 Å². The van der Waals surface area contributed by atoms with E-state index in [0.29, 0.717) is 5.92 Å². The van der Waals surface area contributed by atoms with Gasteiger partial charge in [-0.15, -0.1) is 0 Å². The Balaban J connectivity index is 2.57. The third-order valence-corrected chi connectivity index (χ3v) is 3.61. The van der Waals surface area contributed by atoms with Crippen molar-refractivity contribution < 1.29 is 14.7 Å². The summed E-state index contributed by atoms with van der Waals surface area (Å²) in [5, 5.41) is 11.8. The Morgan fingerprint density at radius 2 is 1.94 bits per heavy atom. The number of carbonyl (C=O) groups excluding carboxylic acids is 1. The second-order valence-corrected chi connectivity index (χ2v) is 5.43. The van der Waals surface area contributed by atoms with Crippen molar-refractivity contribution in [2.75, 3.05) is 6.54 Å². The smallest absolute Gasteiger partial charge is 0.323 e. The molecule has 0 spiro atoms. The maximum atomic E-state index is 12.1. The number of urea groups is 1. The van der Waals surface area contributed by atoms with Crippen molar-refractivity contribution in [3.8, 4) is 0 Å². The molecule has 1 aliphatic rings. The molecule has 18 heavy (non-hydrogen) atoms. The van der Waals surface area contributed by atoms with E-state index in [9.17, 15) is 9.59 Å². The quantitative estimate of drug-likeness (QED) is 0.809. The van der Waals surface area contributed by atoms with Crippen molar-refractivity contribution in [2.24, 2.45) is 5.92 Å². The summed E-state index contributed by atoms with van der Waals surface area (Å²) in [6.45, 7) is 5.55. The molecular weight excluding hydrogens is 232 g/mol. The van der Waals surface area contributed by atoms with E-state index in [1.807, 2.05) is 13.8 Å². The van der Waals surface area contributed by atoms with Crippen molar-refractivity contribution in [3.05, 3.63) is 0 Å². The van der Waals surface area contributed by atoms with Crippen LogP contribution in [0.4, 0.5) is 4.79 Å². The van der Waals surface area contributed by atoms with Gasteiger partial charge in [-0.25, -0.2) is 4.79 Å². The first-order valence-electron chi connectivity index (χ1n) is 6.70. The average Bonchev–Trinajstić information content (AvgIpc) is 2.28. The van der Waals surface area contributed by atoms with Gasteiger partial charge in [0.25, 0.3) is 0 Å². The van der Waals surface area contributed by atoms with Gasteiger partial charge in [0.1, 0.15) is 6.54 Å². The lowest BCUT2D eigenvalue weighted by Crippen LogP contribution is -2.51. The molecule has 1 saturated carbocycles. The zero-order valence-corrected chi connectivity index (χ0v) is 11.5. The number of carboxylic acid groups (broad SMARTS) is 1. The summed E-state index contributed by atoms with van der Waals surface area (Å²) in [6.07, 6.45) is 4.48. The molecule has 1 fully saturated rings. The van der Waals surface area contributed by atoms with Gasteiger partial charge in [0.2, 0.25) is 0 Å². The molecular formula is C13H24N2O3. The largest absolute Gasteiger partial charge is 0.480 e. The standard InChI is InChI=1S/C13H24N2O3/c1-9(2)15(8-12(16)17)13(18)14-11-7-5-4-6-10(11)3/h9-11H,4-8H2,1-3H3,(H,14,18)(H,16,17). The summed E-state index contributed by atoms with van der Waals surface area (Å²) >= 11 is 0. The molecule has 2 N–H and O–H groups in total.